The predicted molar refractivity (Wildman–Crippen MR) is 125 cm³/mol. The molecular weight excluding hydrogens is 476 g/mol. The van der Waals surface area contributed by atoms with Crippen molar-refractivity contribution in [3.8, 4) is 22.6 Å². The molecule has 0 aliphatic heterocycles. The summed E-state index contributed by atoms with van der Waals surface area (Å²) in [5, 5.41) is 10.8. The van der Waals surface area contributed by atoms with Crippen molar-refractivity contribution >= 4 is 37.5 Å². The topological polar surface area (TPSA) is 73.8 Å². The Hall–Kier alpha value is -3.10. The van der Waals surface area contributed by atoms with Gasteiger partial charge in [0, 0.05) is 21.0 Å². The Morgan fingerprint density at radius 3 is 2.58 bits per heavy atom. The van der Waals surface area contributed by atoms with Gasteiger partial charge in [-0.25, -0.2) is 4.98 Å². The molecule has 0 fully saturated rings. The molecule has 8 heteroatoms. The Bertz CT molecular complexity index is 1470. The molecule has 5 aromatic rings. The third-order valence-electron chi connectivity index (χ3n) is 5.24. The lowest BCUT2D eigenvalue weighted by Crippen LogP contribution is -2.21. The zero-order chi connectivity index (χ0) is 21.5. The number of aryl methyl sites for hydroxylation is 2. The van der Waals surface area contributed by atoms with E-state index in [0.717, 1.165) is 26.0 Å². The van der Waals surface area contributed by atoms with Crippen molar-refractivity contribution in [1.82, 2.24) is 19.7 Å². The molecule has 31 heavy (non-hydrogen) atoms. The molecule has 0 unspecified atom stereocenters. The number of rotatable bonds is 4. The molecule has 0 radical (unpaired) electrons. The van der Waals surface area contributed by atoms with Crippen molar-refractivity contribution < 1.29 is 4.42 Å². The Morgan fingerprint density at radius 1 is 1.03 bits per heavy atom. The van der Waals surface area contributed by atoms with Crippen molar-refractivity contribution in [2.24, 2.45) is 0 Å². The van der Waals surface area contributed by atoms with Crippen LogP contribution in [0.4, 0.5) is 0 Å². The van der Waals surface area contributed by atoms with Crippen LogP contribution in [0.15, 0.2) is 67.9 Å². The first-order valence-electron chi connectivity index (χ1n) is 9.62. The normalized spacial score (nSPS) is 11.3. The van der Waals surface area contributed by atoms with E-state index >= 15 is 0 Å². The van der Waals surface area contributed by atoms with Crippen LogP contribution in [0.1, 0.15) is 17.0 Å². The minimum absolute atomic E-state index is 0.122. The van der Waals surface area contributed by atoms with Crippen LogP contribution < -0.4 is 5.56 Å². The molecule has 3 heterocycles. The van der Waals surface area contributed by atoms with Gasteiger partial charge >= 0.3 is 0 Å². The Kier molecular flexibility index (Phi) is 5.03. The molecule has 5 rings (SSSR count). The van der Waals surface area contributed by atoms with Crippen LogP contribution >= 0.6 is 27.3 Å². The zero-order valence-corrected chi connectivity index (χ0v) is 19.2. The van der Waals surface area contributed by atoms with Crippen molar-refractivity contribution in [3.05, 3.63) is 86.0 Å². The van der Waals surface area contributed by atoms with Gasteiger partial charge in [0.1, 0.15) is 11.4 Å². The number of hydrogen-bond acceptors (Lipinski definition) is 6. The molecule has 0 saturated carbocycles. The van der Waals surface area contributed by atoms with Gasteiger partial charge in [-0.15, -0.1) is 21.5 Å². The lowest BCUT2D eigenvalue weighted by Gasteiger charge is -2.06. The van der Waals surface area contributed by atoms with Gasteiger partial charge in [-0.05, 0) is 54.8 Å². The van der Waals surface area contributed by atoms with Crippen LogP contribution in [0.5, 0.6) is 0 Å². The molecule has 0 saturated heterocycles. The molecule has 3 aromatic heterocycles. The van der Waals surface area contributed by atoms with Crippen LogP contribution in [0.2, 0.25) is 0 Å². The van der Waals surface area contributed by atoms with Crippen LogP contribution in [-0.4, -0.2) is 19.7 Å². The van der Waals surface area contributed by atoms with Gasteiger partial charge in [-0.2, -0.15) is 0 Å². The summed E-state index contributed by atoms with van der Waals surface area (Å²) in [5.74, 6) is 0.764. The fourth-order valence-corrected chi connectivity index (χ4v) is 4.54. The average Bonchev–Trinajstić information content (AvgIpc) is 3.40. The van der Waals surface area contributed by atoms with Crippen molar-refractivity contribution in [1.29, 1.82) is 0 Å². The highest BCUT2D eigenvalue weighted by Gasteiger charge is 2.16. The van der Waals surface area contributed by atoms with E-state index in [4.69, 9.17) is 4.42 Å². The molecular formula is C23H17BrN4O2S. The summed E-state index contributed by atoms with van der Waals surface area (Å²) < 4.78 is 8.27. The number of hydrogen-bond donors (Lipinski definition) is 0. The van der Waals surface area contributed by atoms with Gasteiger partial charge in [-0.3, -0.25) is 9.36 Å². The van der Waals surface area contributed by atoms with Gasteiger partial charge in [0.05, 0.1) is 11.7 Å². The highest BCUT2D eigenvalue weighted by atomic mass is 79.9. The molecule has 0 amide bonds. The third-order valence-corrected chi connectivity index (χ3v) is 6.66. The van der Waals surface area contributed by atoms with Crippen LogP contribution in [0, 0.1) is 13.8 Å². The zero-order valence-electron chi connectivity index (χ0n) is 16.8. The fraction of sp³-hybridized carbons (Fsp3) is 0.130. The summed E-state index contributed by atoms with van der Waals surface area (Å²) in [7, 11) is 0. The number of aromatic nitrogens is 4. The van der Waals surface area contributed by atoms with Crippen LogP contribution in [0.3, 0.4) is 0 Å². The SMILES string of the molecule is Cc1ccc(-c2csc3ncn(Cc4nnc(-c5ccc(Br)cc5)o4)c(=O)c23)cc1C. The van der Waals surface area contributed by atoms with Crippen molar-refractivity contribution in [2.75, 3.05) is 0 Å². The first kappa shape index (κ1) is 19.8. The fourth-order valence-electron chi connectivity index (χ4n) is 3.37. The first-order valence-corrected chi connectivity index (χ1v) is 11.3. The van der Waals surface area contributed by atoms with Gasteiger partial charge in [-0.1, -0.05) is 34.1 Å². The van der Waals surface area contributed by atoms with E-state index < -0.39 is 0 Å². The minimum Gasteiger partial charge on any atom is -0.419 e. The number of thiophene rings is 1. The molecule has 0 N–H and O–H groups in total. The van der Waals surface area contributed by atoms with E-state index in [2.05, 4.69) is 57.1 Å². The van der Waals surface area contributed by atoms with E-state index in [1.54, 1.807) is 0 Å². The van der Waals surface area contributed by atoms with E-state index in [0.29, 0.717) is 17.2 Å². The van der Waals surface area contributed by atoms with Gasteiger partial charge in [0.25, 0.3) is 5.56 Å². The standard InChI is InChI=1S/C23H17BrN4O2S/c1-13-3-4-16(9-14(13)2)18-11-31-22-20(18)23(29)28(12-25-22)10-19-26-27-21(30-19)15-5-7-17(24)8-6-15/h3-9,11-12H,10H2,1-2H3. The molecule has 0 aliphatic carbocycles. The highest BCUT2D eigenvalue weighted by Crippen LogP contribution is 2.31. The summed E-state index contributed by atoms with van der Waals surface area (Å²) in [4.78, 5) is 18.5. The number of halogens is 1. The summed E-state index contributed by atoms with van der Waals surface area (Å²) in [6.07, 6.45) is 1.54. The number of nitrogens with zero attached hydrogens (tertiary/aromatic N) is 4. The van der Waals surface area contributed by atoms with Crippen molar-refractivity contribution in [2.45, 2.75) is 20.4 Å². The second-order valence-electron chi connectivity index (χ2n) is 7.31. The molecule has 154 valence electrons. The maximum absolute atomic E-state index is 13.3. The maximum Gasteiger partial charge on any atom is 0.263 e. The van der Waals surface area contributed by atoms with Crippen LogP contribution in [-0.2, 0) is 6.54 Å². The van der Waals surface area contributed by atoms with Gasteiger partial charge in [0.2, 0.25) is 11.8 Å². The Labute approximate surface area is 190 Å². The summed E-state index contributed by atoms with van der Waals surface area (Å²) in [6, 6.07) is 13.8. The molecule has 6 nitrogen and oxygen atoms in total. The van der Waals surface area contributed by atoms with E-state index in [9.17, 15) is 4.79 Å². The maximum atomic E-state index is 13.3. The Morgan fingerprint density at radius 2 is 1.81 bits per heavy atom. The lowest BCUT2D eigenvalue weighted by molar-refractivity contribution is 0.483. The smallest absolute Gasteiger partial charge is 0.263 e. The highest BCUT2D eigenvalue weighted by molar-refractivity contribution is 9.10. The van der Waals surface area contributed by atoms with E-state index in [1.807, 2.05) is 35.7 Å². The number of benzene rings is 2. The second kappa shape index (κ2) is 7.86. The van der Waals surface area contributed by atoms with Gasteiger partial charge in [0.15, 0.2) is 0 Å². The van der Waals surface area contributed by atoms with E-state index in [1.165, 1.54) is 33.4 Å². The molecule has 0 spiro atoms. The summed E-state index contributed by atoms with van der Waals surface area (Å²) >= 11 is 4.88. The summed E-state index contributed by atoms with van der Waals surface area (Å²) in [5.41, 5.74) is 5.02. The summed E-state index contributed by atoms with van der Waals surface area (Å²) in [6.45, 7) is 4.31. The molecule has 0 aliphatic rings. The van der Waals surface area contributed by atoms with Gasteiger partial charge < -0.3 is 4.42 Å². The van der Waals surface area contributed by atoms with Crippen LogP contribution in [0.25, 0.3) is 32.8 Å². The van der Waals surface area contributed by atoms with Crippen molar-refractivity contribution in [3.63, 3.8) is 0 Å². The largest absolute Gasteiger partial charge is 0.419 e. The van der Waals surface area contributed by atoms with E-state index in [-0.39, 0.29) is 12.1 Å². The third kappa shape index (κ3) is 3.73. The lowest BCUT2D eigenvalue weighted by atomic mass is 10.0. The average molecular weight is 493 g/mol. The number of fused-ring (bicyclic) bond motifs is 1. The minimum atomic E-state index is -0.122. The second-order valence-corrected chi connectivity index (χ2v) is 9.09. The molecule has 0 atom stereocenters. The molecule has 0 bridgehead atoms. The Balaban J connectivity index is 1.51. The predicted octanol–water partition coefficient (Wildman–Crippen LogP) is 5.60. The monoisotopic (exact) mass is 492 g/mol. The quantitative estimate of drug-likeness (QED) is 0.326. The molecule has 2 aromatic carbocycles. The first-order chi connectivity index (χ1) is 15.0.